The van der Waals surface area contributed by atoms with E-state index in [9.17, 15) is 24.0 Å². The molecule has 4 amide bonds. The number of H-pyrrole nitrogens is 2. The zero-order valence-corrected chi connectivity index (χ0v) is 34.1. The second kappa shape index (κ2) is 17.2. The van der Waals surface area contributed by atoms with Gasteiger partial charge in [0, 0.05) is 37.4 Å². The van der Waals surface area contributed by atoms with Crippen LogP contribution in [0.5, 0.6) is 0 Å². The number of carbonyl (C=O) groups is 4. The minimum absolute atomic E-state index is 0.0681. The third-order valence-corrected chi connectivity index (χ3v) is 12.0. The number of rotatable bonds is 10. The van der Waals surface area contributed by atoms with Crippen LogP contribution in [0.3, 0.4) is 0 Å². The summed E-state index contributed by atoms with van der Waals surface area (Å²) in [5.74, 6) is 0.682. The van der Waals surface area contributed by atoms with E-state index in [1.165, 1.54) is 14.2 Å². The van der Waals surface area contributed by atoms with Crippen molar-refractivity contribution < 1.29 is 37.8 Å². The monoisotopic (exact) mass is 822 g/mol. The zero-order chi connectivity index (χ0) is 42.1. The second-order valence-corrected chi connectivity index (χ2v) is 16.0. The number of alkyl carbamates (subject to hydrolysis) is 2. The van der Waals surface area contributed by atoms with Gasteiger partial charge in [0.25, 0.3) is 0 Å². The zero-order valence-electron chi connectivity index (χ0n) is 34.1. The molecule has 60 heavy (non-hydrogen) atoms. The van der Waals surface area contributed by atoms with Crippen LogP contribution in [0, 0.1) is 11.8 Å². The molecule has 4 atom stereocenters. The molecular formula is C43H50N8O9. The van der Waals surface area contributed by atoms with Crippen LogP contribution in [-0.4, -0.2) is 106 Å². The van der Waals surface area contributed by atoms with Crippen LogP contribution in [0.15, 0.2) is 58.0 Å². The third-order valence-electron chi connectivity index (χ3n) is 12.0. The van der Waals surface area contributed by atoms with Crippen molar-refractivity contribution in [2.24, 2.45) is 11.8 Å². The van der Waals surface area contributed by atoms with Gasteiger partial charge in [0.1, 0.15) is 34.9 Å². The van der Waals surface area contributed by atoms with Crippen molar-refractivity contribution in [2.45, 2.75) is 76.5 Å². The molecule has 0 bridgehead atoms. The quantitative estimate of drug-likeness (QED) is 0.128. The lowest BCUT2D eigenvalue weighted by Crippen LogP contribution is -2.53. The number of nitrogens with one attached hydrogen (secondary N) is 4. The van der Waals surface area contributed by atoms with E-state index in [0.717, 1.165) is 24.0 Å². The summed E-state index contributed by atoms with van der Waals surface area (Å²) < 4.78 is 21.4. The topological polar surface area (TPSA) is 214 Å². The summed E-state index contributed by atoms with van der Waals surface area (Å²) in [7, 11) is 2.55. The molecule has 5 aromatic rings. The van der Waals surface area contributed by atoms with Crippen LogP contribution in [0.2, 0.25) is 0 Å². The molecule has 8 rings (SSSR count). The lowest BCUT2D eigenvalue weighted by atomic mass is 9.90. The Morgan fingerprint density at radius 3 is 1.95 bits per heavy atom. The predicted octanol–water partition coefficient (Wildman–Crippen LogP) is 5.59. The molecule has 3 saturated heterocycles. The molecule has 0 aliphatic carbocycles. The highest BCUT2D eigenvalue weighted by Gasteiger charge is 2.41. The van der Waals surface area contributed by atoms with Gasteiger partial charge in [-0.3, -0.25) is 14.4 Å². The number of aromatic amines is 2. The Hall–Kier alpha value is -6.23. The van der Waals surface area contributed by atoms with Crippen LogP contribution in [-0.2, 0) is 23.8 Å². The van der Waals surface area contributed by atoms with E-state index in [4.69, 9.17) is 18.6 Å². The molecule has 0 spiro atoms. The number of ether oxygens (including phenoxy) is 3. The Balaban J connectivity index is 1.01. The van der Waals surface area contributed by atoms with Gasteiger partial charge >= 0.3 is 12.2 Å². The maximum absolute atomic E-state index is 14.0. The molecule has 316 valence electrons. The van der Waals surface area contributed by atoms with Gasteiger partial charge in [-0.2, -0.15) is 0 Å². The van der Waals surface area contributed by atoms with Crippen LogP contribution >= 0.6 is 0 Å². The molecule has 2 aromatic carbocycles. The Morgan fingerprint density at radius 1 is 0.750 bits per heavy atom. The Bertz CT molecular complexity index is 2470. The van der Waals surface area contributed by atoms with E-state index < -0.39 is 24.3 Å². The van der Waals surface area contributed by atoms with Gasteiger partial charge in [-0.05, 0) is 80.7 Å². The number of imidazole rings is 2. The fraction of sp³-hybridized carbons (Fsp3) is 0.465. The number of benzene rings is 2. The first-order valence-electron chi connectivity index (χ1n) is 20.5. The second-order valence-electron chi connectivity index (χ2n) is 16.0. The van der Waals surface area contributed by atoms with Crippen LogP contribution in [0.25, 0.3) is 44.5 Å². The number of carbonyl (C=O) groups excluding carboxylic acids is 4. The minimum atomic E-state index is -0.741. The van der Waals surface area contributed by atoms with Crippen molar-refractivity contribution in [3.8, 4) is 22.5 Å². The highest BCUT2D eigenvalue weighted by atomic mass is 16.5. The van der Waals surface area contributed by atoms with Crippen LogP contribution < -0.4 is 16.1 Å². The first-order valence-corrected chi connectivity index (χ1v) is 20.5. The first kappa shape index (κ1) is 40.5. The Morgan fingerprint density at radius 2 is 1.33 bits per heavy atom. The fourth-order valence-corrected chi connectivity index (χ4v) is 8.80. The van der Waals surface area contributed by atoms with Crippen molar-refractivity contribution >= 4 is 45.9 Å². The van der Waals surface area contributed by atoms with Crippen LogP contribution in [0.1, 0.15) is 76.1 Å². The Labute approximate surface area is 345 Å². The SMILES string of the molecule is COC(=O)N[C@H](C(=O)N1CCC[C@H]1c1ncc(-c2ccc3oc4cc(-c5cnc([C@@H]6CCCN6C(=O)[C@@H](NC(=O)OC)C6CCOCC6)[nH]5)ccc4c(=O)c3c2)[nH]1)C(C)C. The molecule has 6 heterocycles. The number of fused-ring (bicyclic) bond motifs is 2. The van der Waals surface area contributed by atoms with Gasteiger partial charge in [0.05, 0.1) is 60.9 Å². The molecule has 3 aliphatic heterocycles. The van der Waals surface area contributed by atoms with Crippen molar-refractivity contribution in [3.63, 3.8) is 0 Å². The molecule has 3 aliphatic rings. The molecule has 17 nitrogen and oxygen atoms in total. The maximum atomic E-state index is 14.0. The third kappa shape index (κ3) is 7.92. The van der Waals surface area contributed by atoms with Crippen molar-refractivity contribution in [3.05, 3.63) is 70.7 Å². The summed E-state index contributed by atoms with van der Waals surface area (Å²) in [6.07, 6.45) is 6.43. The van der Waals surface area contributed by atoms with Gasteiger partial charge in [-0.25, -0.2) is 19.6 Å². The van der Waals surface area contributed by atoms with E-state index in [0.29, 0.717) is 97.0 Å². The summed E-state index contributed by atoms with van der Waals surface area (Å²) >= 11 is 0. The summed E-state index contributed by atoms with van der Waals surface area (Å²) in [6.45, 7) is 5.88. The minimum Gasteiger partial charge on any atom is -0.456 e. The summed E-state index contributed by atoms with van der Waals surface area (Å²) in [5, 5.41) is 6.28. The van der Waals surface area contributed by atoms with E-state index >= 15 is 0 Å². The number of aromatic nitrogens is 4. The van der Waals surface area contributed by atoms with Gasteiger partial charge < -0.3 is 49.0 Å². The number of hydrogen-bond donors (Lipinski definition) is 4. The molecule has 17 heteroatoms. The van der Waals surface area contributed by atoms with Crippen molar-refractivity contribution in [2.75, 3.05) is 40.5 Å². The number of hydrogen-bond acceptors (Lipinski definition) is 11. The number of methoxy groups -OCH3 is 2. The van der Waals surface area contributed by atoms with E-state index in [2.05, 4.69) is 30.6 Å². The highest BCUT2D eigenvalue weighted by molar-refractivity contribution is 5.93. The number of likely N-dealkylation sites (tertiary alicyclic amines) is 2. The summed E-state index contributed by atoms with van der Waals surface area (Å²) in [4.78, 5) is 85.5. The molecular weight excluding hydrogens is 773 g/mol. The summed E-state index contributed by atoms with van der Waals surface area (Å²) in [5.41, 5.74) is 3.53. The summed E-state index contributed by atoms with van der Waals surface area (Å²) in [6, 6.07) is 8.71. The molecule has 3 aromatic heterocycles. The molecule has 3 fully saturated rings. The maximum Gasteiger partial charge on any atom is 0.407 e. The molecule has 0 saturated carbocycles. The average Bonchev–Trinajstić information content (AvgIpc) is 4.11. The van der Waals surface area contributed by atoms with Gasteiger partial charge in [0.15, 0.2) is 0 Å². The average molecular weight is 823 g/mol. The normalized spacial score (nSPS) is 19.5. The Kier molecular flexibility index (Phi) is 11.6. The van der Waals surface area contributed by atoms with Gasteiger partial charge in [-0.15, -0.1) is 0 Å². The van der Waals surface area contributed by atoms with E-state index in [1.807, 2.05) is 26.0 Å². The van der Waals surface area contributed by atoms with Crippen LogP contribution in [0.4, 0.5) is 9.59 Å². The van der Waals surface area contributed by atoms with Crippen molar-refractivity contribution in [1.29, 1.82) is 0 Å². The smallest absolute Gasteiger partial charge is 0.407 e. The molecule has 0 unspecified atom stereocenters. The number of amides is 4. The fourth-order valence-electron chi connectivity index (χ4n) is 8.80. The van der Waals surface area contributed by atoms with E-state index in [1.54, 1.807) is 46.5 Å². The first-order chi connectivity index (χ1) is 29.0. The highest BCUT2D eigenvalue weighted by Crippen LogP contribution is 2.36. The standard InChI is InChI=1S/C43H50N8O9/c1-23(2)35(48-42(55)57-3)40(53)50-15-5-7-31(50)38-44-21-29(46-38)25-10-12-33-28(19-25)37(52)27-11-9-26(20-34(27)60-33)30-22-45-39(47-30)32-8-6-16-51(32)41(54)36(49-43(56)58-4)24-13-17-59-18-14-24/h9-12,19-24,31-32,35-36H,5-8,13-18H2,1-4H3,(H,44,46)(H,45,47)(H,48,55)(H,49,56)/t31-,32-,35-,36-/m0/s1. The van der Waals surface area contributed by atoms with Gasteiger partial charge in [-0.1, -0.05) is 19.9 Å². The largest absolute Gasteiger partial charge is 0.456 e. The van der Waals surface area contributed by atoms with Crippen molar-refractivity contribution in [1.82, 2.24) is 40.4 Å². The van der Waals surface area contributed by atoms with Gasteiger partial charge in [0.2, 0.25) is 17.2 Å². The number of nitrogens with zero attached hydrogens (tertiary/aromatic N) is 4. The lowest BCUT2D eigenvalue weighted by Gasteiger charge is -2.34. The molecule has 0 radical (unpaired) electrons. The lowest BCUT2D eigenvalue weighted by molar-refractivity contribution is -0.137. The molecule has 4 N–H and O–H groups in total. The predicted molar refractivity (Wildman–Crippen MR) is 220 cm³/mol. The van der Waals surface area contributed by atoms with E-state index in [-0.39, 0.29) is 41.2 Å².